The van der Waals surface area contributed by atoms with Crippen molar-refractivity contribution in [1.82, 2.24) is 4.98 Å². The van der Waals surface area contributed by atoms with Gasteiger partial charge in [0.25, 0.3) is 0 Å². The predicted octanol–water partition coefficient (Wildman–Crippen LogP) is 1.06. The smallest absolute Gasteiger partial charge is 0.304 e. The first kappa shape index (κ1) is 10.2. The van der Waals surface area contributed by atoms with Crippen molar-refractivity contribution in [1.29, 1.82) is 0 Å². The molecule has 0 spiro atoms. The lowest BCUT2D eigenvalue weighted by molar-refractivity contribution is -0.117. The maximum atomic E-state index is 11.6. The van der Waals surface area contributed by atoms with Crippen LogP contribution in [0.3, 0.4) is 0 Å². The molecule has 0 radical (unpaired) electrons. The van der Waals surface area contributed by atoms with Crippen LogP contribution < -0.4 is 4.90 Å². The Hall–Kier alpha value is -1.30. The summed E-state index contributed by atoms with van der Waals surface area (Å²) in [7, 11) is 0. The summed E-state index contributed by atoms with van der Waals surface area (Å²) < 4.78 is 5.04. The summed E-state index contributed by atoms with van der Waals surface area (Å²) in [4.78, 5) is 27.8. The van der Waals surface area contributed by atoms with E-state index >= 15 is 0 Å². The third-order valence-corrected chi connectivity index (χ3v) is 3.05. The highest BCUT2D eigenvalue weighted by Gasteiger charge is 2.33. The molecule has 6 heteroatoms. The first-order valence-corrected chi connectivity index (χ1v) is 5.42. The zero-order valence-electron chi connectivity index (χ0n) is 8.17. The molecule has 1 aliphatic rings. The number of carbonyl (C=O) groups excluding carboxylic acids is 2. The van der Waals surface area contributed by atoms with Gasteiger partial charge in [-0.1, -0.05) is 11.8 Å². The molecule has 1 saturated heterocycles. The van der Waals surface area contributed by atoms with E-state index in [1.165, 1.54) is 36.0 Å². The SMILES string of the molecule is CC(=O)SC1CC(=O)N(c2ncco2)C1. The van der Waals surface area contributed by atoms with Crippen molar-refractivity contribution in [3.05, 3.63) is 12.5 Å². The number of amides is 1. The molecule has 2 rings (SSSR count). The van der Waals surface area contributed by atoms with Gasteiger partial charge >= 0.3 is 6.01 Å². The Kier molecular flexibility index (Phi) is 2.77. The van der Waals surface area contributed by atoms with Crippen molar-refractivity contribution in [2.45, 2.75) is 18.6 Å². The average molecular weight is 226 g/mol. The van der Waals surface area contributed by atoms with E-state index in [4.69, 9.17) is 4.42 Å². The summed E-state index contributed by atoms with van der Waals surface area (Å²) in [5.74, 6) is -0.0452. The highest BCUT2D eigenvalue weighted by molar-refractivity contribution is 8.14. The van der Waals surface area contributed by atoms with Gasteiger partial charge in [0.1, 0.15) is 6.26 Å². The van der Waals surface area contributed by atoms with Crippen LogP contribution in [-0.2, 0) is 9.59 Å². The fourth-order valence-corrected chi connectivity index (χ4v) is 2.44. The highest BCUT2D eigenvalue weighted by atomic mass is 32.2. The molecular weight excluding hydrogens is 216 g/mol. The van der Waals surface area contributed by atoms with Crippen LogP contribution in [0.25, 0.3) is 0 Å². The van der Waals surface area contributed by atoms with Gasteiger partial charge in [0.2, 0.25) is 5.91 Å². The van der Waals surface area contributed by atoms with Gasteiger partial charge in [-0.15, -0.1) is 0 Å². The maximum absolute atomic E-state index is 11.6. The van der Waals surface area contributed by atoms with Gasteiger partial charge in [-0.05, 0) is 0 Å². The maximum Gasteiger partial charge on any atom is 0.304 e. The van der Waals surface area contributed by atoms with Crippen LogP contribution in [0.15, 0.2) is 16.9 Å². The summed E-state index contributed by atoms with van der Waals surface area (Å²) in [6.07, 6.45) is 3.29. The lowest BCUT2D eigenvalue weighted by atomic mass is 10.4. The van der Waals surface area contributed by atoms with E-state index in [0.717, 1.165) is 0 Å². The fourth-order valence-electron chi connectivity index (χ4n) is 1.52. The predicted molar refractivity (Wildman–Crippen MR) is 55.5 cm³/mol. The molecule has 1 fully saturated rings. The summed E-state index contributed by atoms with van der Waals surface area (Å²) in [6, 6.07) is 0.312. The largest absolute Gasteiger partial charge is 0.432 e. The van der Waals surface area contributed by atoms with Gasteiger partial charge in [0.05, 0.1) is 6.20 Å². The molecule has 15 heavy (non-hydrogen) atoms. The molecule has 1 atom stereocenters. The van der Waals surface area contributed by atoms with Gasteiger partial charge in [-0.25, -0.2) is 4.98 Å². The number of thioether (sulfide) groups is 1. The zero-order valence-corrected chi connectivity index (χ0v) is 8.99. The van der Waals surface area contributed by atoms with E-state index in [0.29, 0.717) is 19.0 Å². The number of rotatable bonds is 2. The lowest BCUT2D eigenvalue weighted by Crippen LogP contribution is -2.25. The molecule has 2 heterocycles. The third kappa shape index (κ3) is 2.20. The topological polar surface area (TPSA) is 63.4 Å². The Morgan fingerprint density at radius 2 is 2.53 bits per heavy atom. The number of hydrogen-bond donors (Lipinski definition) is 0. The molecule has 1 amide bonds. The molecule has 1 aromatic rings. The van der Waals surface area contributed by atoms with Crippen molar-refractivity contribution < 1.29 is 14.0 Å². The molecule has 0 saturated carbocycles. The molecule has 0 aliphatic carbocycles. The van der Waals surface area contributed by atoms with Crippen LogP contribution in [0.4, 0.5) is 6.01 Å². The van der Waals surface area contributed by atoms with Crippen molar-refractivity contribution in [2.75, 3.05) is 11.4 Å². The summed E-state index contributed by atoms with van der Waals surface area (Å²) in [5.41, 5.74) is 0. The minimum Gasteiger partial charge on any atom is -0.432 e. The second-order valence-corrected chi connectivity index (χ2v) is 4.73. The number of hydrogen-bond acceptors (Lipinski definition) is 5. The zero-order chi connectivity index (χ0) is 10.8. The quantitative estimate of drug-likeness (QED) is 0.754. The Bertz CT molecular complexity index is 377. The number of anilines is 1. The number of aromatic nitrogens is 1. The normalized spacial score (nSPS) is 21.0. The summed E-state index contributed by atoms with van der Waals surface area (Å²) >= 11 is 1.20. The number of carbonyl (C=O) groups is 2. The third-order valence-electron chi connectivity index (χ3n) is 2.07. The second kappa shape index (κ2) is 4.06. The van der Waals surface area contributed by atoms with Crippen LogP contribution in [0.5, 0.6) is 0 Å². The van der Waals surface area contributed by atoms with Crippen LogP contribution in [0.2, 0.25) is 0 Å². The van der Waals surface area contributed by atoms with Crippen LogP contribution in [0.1, 0.15) is 13.3 Å². The van der Waals surface area contributed by atoms with Gasteiger partial charge < -0.3 is 4.42 Å². The number of nitrogens with zero attached hydrogens (tertiary/aromatic N) is 2. The van der Waals surface area contributed by atoms with Crippen molar-refractivity contribution in [3.63, 3.8) is 0 Å². The molecule has 0 bridgehead atoms. The van der Waals surface area contributed by atoms with Crippen LogP contribution in [0, 0.1) is 0 Å². The van der Waals surface area contributed by atoms with E-state index in [9.17, 15) is 9.59 Å². The minimum atomic E-state index is -0.0452. The van der Waals surface area contributed by atoms with E-state index in [2.05, 4.69) is 4.98 Å². The van der Waals surface area contributed by atoms with E-state index < -0.39 is 0 Å². The van der Waals surface area contributed by atoms with Crippen molar-refractivity contribution >= 4 is 28.8 Å². The molecule has 0 N–H and O–H groups in total. The minimum absolute atomic E-state index is 0.0156. The molecule has 80 valence electrons. The summed E-state index contributed by atoms with van der Waals surface area (Å²) in [6.45, 7) is 1.99. The molecule has 0 aromatic carbocycles. The van der Waals surface area contributed by atoms with Gasteiger partial charge in [0, 0.05) is 25.1 Å². The Morgan fingerprint density at radius 3 is 3.13 bits per heavy atom. The van der Waals surface area contributed by atoms with Gasteiger partial charge in [-0.3, -0.25) is 14.5 Å². The van der Waals surface area contributed by atoms with Gasteiger partial charge in [0.15, 0.2) is 5.12 Å². The van der Waals surface area contributed by atoms with E-state index in [-0.39, 0.29) is 16.3 Å². The molecule has 5 nitrogen and oxygen atoms in total. The lowest BCUT2D eigenvalue weighted by Gasteiger charge is -2.10. The molecule has 1 aromatic heterocycles. The second-order valence-electron chi connectivity index (χ2n) is 3.25. The summed E-state index contributed by atoms with van der Waals surface area (Å²) in [5, 5.41) is 0.0453. The highest BCUT2D eigenvalue weighted by Crippen LogP contribution is 2.27. The first-order chi connectivity index (χ1) is 7.16. The van der Waals surface area contributed by atoms with Crippen molar-refractivity contribution in [3.8, 4) is 0 Å². The van der Waals surface area contributed by atoms with E-state index in [1.54, 1.807) is 0 Å². The monoisotopic (exact) mass is 226 g/mol. The fraction of sp³-hybridized carbons (Fsp3) is 0.444. The standard InChI is InChI=1S/C9H10N2O3S/c1-6(12)15-7-4-8(13)11(5-7)9-10-2-3-14-9/h2-3,7H,4-5H2,1H3. The first-order valence-electron chi connectivity index (χ1n) is 4.54. The van der Waals surface area contributed by atoms with Crippen molar-refractivity contribution in [2.24, 2.45) is 0 Å². The van der Waals surface area contributed by atoms with Crippen LogP contribution >= 0.6 is 11.8 Å². The van der Waals surface area contributed by atoms with E-state index in [1.807, 2.05) is 0 Å². The molecule has 1 aliphatic heterocycles. The molecule has 1 unspecified atom stereocenters. The Labute approximate surface area is 90.8 Å². The molecular formula is C9H10N2O3S. The Morgan fingerprint density at radius 1 is 1.73 bits per heavy atom. The van der Waals surface area contributed by atoms with Gasteiger partial charge in [-0.2, -0.15) is 0 Å². The Balaban J connectivity index is 2.05. The average Bonchev–Trinajstić information content (AvgIpc) is 2.72. The van der Waals surface area contributed by atoms with Crippen LogP contribution in [-0.4, -0.2) is 27.8 Å². The number of oxazole rings is 1.